The first-order valence-electron chi connectivity index (χ1n) is 9.55. The van der Waals surface area contributed by atoms with E-state index in [0.717, 1.165) is 28.5 Å². The Kier molecular flexibility index (Phi) is 5.48. The fourth-order valence-corrected chi connectivity index (χ4v) is 3.28. The molecule has 1 amide bonds. The topological polar surface area (TPSA) is 60.5 Å². The van der Waals surface area contributed by atoms with Gasteiger partial charge in [-0.3, -0.25) is 4.79 Å². The molecule has 0 aliphatic rings. The second-order valence-electron chi connectivity index (χ2n) is 6.77. The number of hydrogen-bond donors (Lipinski definition) is 1. The molecular weight excluding hydrogens is 376 g/mol. The molecule has 0 aliphatic heterocycles. The molecule has 0 unspecified atom stereocenters. The van der Waals surface area contributed by atoms with Crippen molar-refractivity contribution in [2.24, 2.45) is 5.10 Å². The van der Waals surface area contributed by atoms with Gasteiger partial charge in [0, 0.05) is 35.0 Å². The lowest BCUT2D eigenvalue weighted by Crippen LogP contribution is -2.18. The number of nitrogens with zero attached hydrogens (tertiary/aromatic N) is 3. The van der Waals surface area contributed by atoms with E-state index in [1.165, 1.54) is 0 Å². The molecule has 0 aliphatic carbocycles. The molecule has 1 N–H and O–H groups in total. The molecule has 2 heterocycles. The van der Waals surface area contributed by atoms with Crippen molar-refractivity contribution in [1.82, 2.24) is 14.6 Å². The average molecular weight is 398 g/mol. The molecule has 2 aromatic carbocycles. The third kappa shape index (κ3) is 4.03. The van der Waals surface area contributed by atoms with Crippen LogP contribution in [0.5, 0.6) is 5.75 Å². The molecule has 0 spiro atoms. The molecule has 0 fully saturated rings. The zero-order valence-electron chi connectivity index (χ0n) is 16.8. The molecule has 0 saturated carbocycles. The first-order chi connectivity index (χ1) is 14.7. The number of methoxy groups -OCH3 is 1. The largest absolute Gasteiger partial charge is 0.497 e. The van der Waals surface area contributed by atoms with Gasteiger partial charge in [0.1, 0.15) is 5.75 Å². The molecule has 0 bridgehead atoms. The molecule has 4 rings (SSSR count). The number of rotatable bonds is 6. The van der Waals surface area contributed by atoms with E-state index in [1.54, 1.807) is 19.4 Å². The molecule has 6 heteroatoms. The predicted molar refractivity (Wildman–Crippen MR) is 118 cm³/mol. The maximum Gasteiger partial charge on any atom is 0.271 e. The number of benzene rings is 2. The number of ether oxygens (including phenoxy) is 1. The summed E-state index contributed by atoms with van der Waals surface area (Å²) in [6.45, 7) is 2.02. The van der Waals surface area contributed by atoms with Gasteiger partial charge in [-0.1, -0.05) is 6.07 Å². The summed E-state index contributed by atoms with van der Waals surface area (Å²) in [7, 11) is 1.64. The van der Waals surface area contributed by atoms with Gasteiger partial charge in [-0.05, 0) is 73.7 Å². The van der Waals surface area contributed by atoms with Crippen LogP contribution in [0, 0.1) is 6.92 Å². The average Bonchev–Trinajstić information content (AvgIpc) is 3.44. The Morgan fingerprint density at radius 1 is 0.967 bits per heavy atom. The Bertz CT molecular complexity index is 1170. The van der Waals surface area contributed by atoms with Crippen LogP contribution < -0.4 is 10.2 Å². The minimum absolute atomic E-state index is 0.264. The normalized spacial score (nSPS) is 11.0. The molecule has 6 nitrogen and oxygen atoms in total. The SMILES string of the molecule is COc1ccc(-n2c(C)ccc2/C=N\NC(=O)c2cccc(-n3cccc3)c2)cc1. The first-order valence-corrected chi connectivity index (χ1v) is 9.55. The van der Waals surface area contributed by atoms with Crippen LogP contribution in [0.3, 0.4) is 0 Å². The lowest BCUT2D eigenvalue weighted by molar-refractivity contribution is 0.0955. The van der Waals surface area contributed by atoms with Crippen LogP contribution in [-0.2, 0) is 0 Å². The highest BCUT2D eigenvalue weighted by Crippen LogP contribution is 2.19. The summed E-state index contributed by atoms with van der Waals surface area (Å²) < 4.78 is 9.23. The van der Waals surface area contributed by atoms with Crippen LogP contribution in [0.2, 0.25) is 0 Å². The van der Waals surface area contributed by atoms with E-state index in [-0.39, 0.29) is 5.91 Å². The van der Waals surface area contributed by atoms with Gasteiger partial charge in [0.15, 0.2) is 0 Å². The van der Waals surface area contributed by atoms with Crippen molar-refractivity contribution in [3.63, 3.8) is 0 Å². The zero-order chi connectivity index (χ0) is 20.9. The first kappa shape index (κ1) is 19.3. The van der Waals surface area contributed by atoms with E-state index in [4.69, 9.17) is 4.74 Å². The summed E-state index contributed by atoms with van der Waals surface area (Å²) in [5, 5.41) is 4.17. The zero-order valence-corrected chi connectivity index (χ0v) is 16.8. The summed E-state index contributed by atoms with van der Waals surface area (Å²) in [5.41, 5.74) is 6.99. The number of amides is 1. The van der Waals surface area contributed by atoms with Gasteiger partial charge in [-0.15, -0.1) is 0 Å². The minimum Gasteiger partial charge on any atom is -0.497 e. The highest BCUT2D eigenvalue weighted by Gasteiger charge is 2.08. The van der Waals surface area contributed by atoms with Crippen molar-refractivity contribution < 1.29 is 9.53 Å². The van der Waals surface area contributed by atoms with Gasteiger partial charge in [0.05, 0.1) is 19.0 Å². The van der Waals surface area contributed by atoms with Crippen molar-refractivity contribution in [3.8, 4) is 17.1 Å². The number of carbonyl (C=O) groups excluding carboxylic acids is 1. The molecule has 0 radical (unpaired) electrons. The van der Waals surface area contributed by atoms with Gasteiger partial charge < -0.3 is 13.9 Å². The monoisotopic (exact) mass is 398 g/mol. The minimum atomic E-state index is -0.264. The number of carbonyl (C=O) groups is 1. The van der Waals surface area contributed by atoms with Gasteiger partial charge in [-0.25, -0.2) is 5.43 Å². The maximum absolute atomic E-state index is 12.5. The van der Waals surface area contributed by atoms with E-state index in [2.05, 4.69) is 15.1 Å². The van der Waals surface area contributed by atoms with E-state index >= 15 is 0 Å². The number of nitrogens with one attached hydrogen (secondary N) is 1. The molecule has 30 heavy (non-hydrogen) atoms. The van der Waals surface area contributed by atoms with Crippen LogP contribution in [0.1, 0.15) is 21.7 Å². The highest BCUT2D eigenvalue weighted by atomic mass is 16.5. The van der Waals surface area contributed by atoms with E-state index < -0.39 is 0 Å². The van der Waals surface area contributed by atoms with Gasteiger partial charge >= 0.3 is 0 Å². The van der Waals surface area contributed by atoms with Crippen molar-refractivity contribution in [3.05, 3.63) is 102 Å². The van der Waals surface area contributed by atoms with Crippen LogP contribution in [-0.4, -0.2) is 28.4 Å². The Morgan fingerprint density at radius 3 is 2.47 bits per heavy atom. The van der Waals surface area contributed by atoms with Crippen LogP contribution >= 0.6 is 0 Å². The fourth-order valence-electron chi connectivity index (χ4n) is 3.28. The molecule has 0 saturated heterocycles. The van der Waals surface area contributed by atoms with E-state index in [0.29, 0.717) is 5.56 Å². The van der Waals surface area contributed by atoms with E-state index in [1.807, 2.05) is 90.6 Å². The van der Waals surface area contributed by atoms with Crippen LogP contribution in [0.4, 0.5) is 0 Å². The van der Waals surface area contributed by atoms with Gasteiger partial charge in [-0.2, -0.15) is 5.10 Å². The van der Waals surface area contributed by atoms with Gasteiger partial charge in [0.25, 0.3) is 5.91 Å². The number of aryl methyl sites for hydroxylation is 1. The number of hydrazone groups is 1. The Morgan fingerprint density at radius 2 is 1.73 bits per heavy atom. The maximum atomic E-state index is 12.5. The van der Waals surface area contributed by atoms with E-state index in [9.17, 15) is 4.79 Å². The molecule has 2 aromatic heterocycles. The summed E-state index contributed by atoms with van der Waals surface area (Å²) in [5.74, 6) is 0.535. The summed E-state index contributed by atoms with van der Waals surface area (Å²) in [6, 6.07) is 23.0. The fraction of sp³-hybridized carbons (Fsp3) is 0.0833. The Balaban J connectivity index is 1.50. The lowest BCUT2D eigenvalue weighted by Gasteiger charge is -2.10. The lowest BCUT2D eigenvalue weighted by atomic mass is 10.2. The highest BCUT2D eigenvalue weighted by molar-refractivity contribution is 5.95. The second kappa shape index (κ2) is 8.53. The predicted octanol–water partition coefficient (Wildman–Crippen LogP) is 4.35. The van der Waals surface area contributed by atoms with Crippen molar-refractivity contribution in [2.45, 2.75) is 6.92 Å². The summed E-state index contributed by atoms with van der Waals surface area (Å²) in [4.78, 5) is 12.5. The number of aromatic nitrogens is 2. The standard InChI is InChI=1S/C24H22N4O2/c1-18-8-9-22(28(18)20-10-12-23(30-2)13-11-20)17-25-26-24(29)19-6-5-7-21(16-19)27-14-3-4-15-27/h3-17H,1-2H3,(H,26,29)/b25-17-. The molecule has 4 aromatic rings. The molecular formula is C24H22N4O2. The van der Waals surface area contributed by atoms with Crippen LogP contribution in [0.15, 0.2) is 90.3 Å². The molecule has 0 atom stereocenters. The third-order valence-corrected chi connectivity index (χ3v) is 4.81. The van der Waals surface area contributed by atoms with Crippen LogP contribution in [0.25, 0.3) is 11.4 Å². The summed E-state index contributed by atoms with van der Waals surface area (Å²) >= 11 is 0. The Labute approximate surface area is 175 Å². The summed E-state index contributed by atoms with van der Waals surface area (Å²) in [6.07, 6.45) is 5.51. The van der Waals surface area contributed by atoms with Gasteiger partial charge in [0.2, 0.25) is 0 Å². The quantitative estimate of drug-likeness (QED) is 0.388. The second-order valence-corrected chi connectivity index (χ2v) is 6.77. The molecule has 150 valence electrons. The Hall–Kier alpha value is -4.06. The number of hydrogen-bond acceptors (Lipinski definition) is 3. The van der Waals surface area contributed by atoms with Crippen molar-refractivity contribution >= 4 is 12.1 Å². The smallest absolute Gasteiger partial charge is 0.271 e. The third-order valence-electron chi connectivity index (χ3n) is 4.81. The van der Waals surface area contributed by atoms with Crippen molar-refractivity contribution in [2.75, 3.05) is 7.11 Å². The van der Waals surface area contributed by atoms with Crippen molar-refractivity contribution in [1.29, 1.82) is 0 Å².